The molecule has 76 valence electrons. The molecule has 0 spiro atoms. The first kappa shape index (κ1) is 9.31. The van der Waals surface area contributed by atoms with Crippen molar-refractivity contribution in [3.8, 4) is 0 Å². The Morgan fingerprint density at radius 2 is 2.21 bits per heavy atom. The fraction of sp³-hybridized carbons (Fsp3) is 0.455. The van der Waals surface area contributed by atoms with E-state index in [9.17, 15) is 4.39 Å². The van der Waals surface area contributed by atoms with Crippen LogP contribution in [0, 0.1) is 11.7 Å². The highest BCUT2D eigenvalue weighted by Crippen LogP contribution is 2.34. The summed E-state index contributed by atoms with van der Waals surface area (Å²) in [6.45, 7) is 2.11. The quantitative estimate of drug-likeness (QED) is 0.726. The van der Waals surface area contributed by atoms with E-state index in [1.165, 1.54) is 25.0 Å². The van der Waals surface area contributed by atoms with Gasteiger partial charge in [-0.3, -0.25) is 0 Å². The molecular formula is C11H15FN2. The molecule has 0 amide bonds. The third-order valence-corrected chi connectivity index (χ3v) is 2.73. The zero-order valence-corrected chi connectivity index (χ0v) is 8.26. The molecule has 1 saturated carbocycles. The maximum atomic E-state index is 12.9. The van der Waals surface area contributed by atoms with E-state index in [4.69, 9.17) is 5.73 Å². The van der Waals surface area contributed by atoms with Crippen molar-refractivity contribution in [1.29, 1.82) is 0 Å². The molecule has 0 aromatic heterocycles. The molecule has 1 aromatic rings. The number of hydrogen-bond acceptors (Lipinski definition) is 2. The highest BCUT2D eigenvalue weighted by Gasteiger charge is 2.28. The van der Waals surface area contributed by atoms with Gasteiger partial charge in [0.1, 0.15) is 5.82 Å². The first-order valence-corrected chi connectivity index (χ1v) is 4.98. The van der Waals surface area contributed by atoms with Crippen molar-refractivity contribution in [3.05, 3.63) is 24.0 Å². The summed E-state index contributed by atoms with van der Waals surface area (Å²) in [4.78, 5) is 0. The maximum absolute atomic E-state index is 12.9. The Hall–Kier alpha value is -1.25. The monoisotopic (exact) mass is 194 g/mol. The minimum Gasteiger partial charge on any atom is -0.397 e. The van der Waals surface area contributed by atoms with E-state index < -0.39 is 0 Å². The molecule has 1 aliphatic rings. The summed E-state index contributed by atoms with van der Waals surface area (Å²) in [5.74, 6) is 0.488. The zero-order valence-electron chi connectivity index (χ0n) is 8.26. The molecule has 0 heterocycles. The van der Waals surface area contributed by atoms with Crippen LogP contribution in [0.1, 0.15) is 19.8 Å². The van der Waals surface area contributed by atoms with Crippen LogP contribution in [0.3, 0.4) is 0 Å². The largest absolute Gasteiger partial charge is 0.397 e. The van der Waals surface area contributed by atoms with Gasteiger partial charge in [-0.2, -0.15) is 0 Å². The Balaban J connectivity index is 2.10. The number of anilines is 2. The summed E-state index contributed by atoms with van der Waals surface area (Å²) < 4.78 is 12.9. The number of rotatable bonds is 3. The van der Waals surface area contributed by atoms with Gasteiger partial charge in [0.15, 0.2) is 0 Å². The van der Waals surface area contributed by atoms with Crippen molar-refractivity contribution in [2.45, 2.75) is 25.8 Å². The predicted molar refractivity (Wildman–Crippen MR) is 56.6 cm³/mol. The minimum absolute atomic E-state index is 0.246. The van der Waals surface area contributed by atoms with Gasteiger partial charge in [0, 0.05) is 6.04 Å². The van der Waals surface area contributed by atoms with Crippen LogP contribution < -0.4 is 11.1 Å². The Kier molecular flexibility index (Phi) is 2.32. The summed E-state index contributed by atoms with van der Waals surface area (Å²) in [5.41, 5.74) is 7.05. The van der Waals surface area contributed by atoms with Crippen LogP contribution in [0.5, 0.6) is 0 Å². The Morgan fingerprint density at radius 3 is 2.86 bits per heavy atom. The molecule has 14 heavy (non-hydrogen) atoms. The van der Waals surface area contributed by atoms with Crippen LogP contribution >= 0.6 is 0 Å². The van der Waals surface area contributed by atoms with Crippen LogP contribution in [-0.4, -0.2) is 6.04 Å². The fourth-order valence-electron chi connectivity index (χ4n) is 1.61. The Labute approximate surface area is 83.3 Å². The lowest BCUT2D eigenvalue weighted by atomic mass is 10.2. The normalized spacial score (nSPS) is 17.9. The van der Waals surface area contributed by atoms with Crippen molar-refractivity contribution in [1.82, 2.24) is 0 Å². The highest BCUT2D eigenvalue weighted by molar-refractivity contribution is 5.66. The van der Waals surface area contributed by atoms with Gasteiger partial charge >= 0.3 is 0 Å². The van der Waals surface area contributed by atoms with Crippen molar-refractivity contribution in [2.24, 2.45) is 5.92 Å². The second-order valence-corrected chi connectivity index (χ2v) is 4.00. The molecule has 0 aliphatic heterocycles. The van der Waals surface area contributed by atoms with E-state index in [-0.39, 0.29) is 5.82 Å². The SMILES string of the molecule is CC(Nc1cc(F)ccc1N)C1CC1. The summed E-state index contributed by atoms with van der Waals surface area (Å²) in [5, 5.41) is 3.25. The first-order valence-electron chi connectivity index (χ1n) is 4.98. The Morgan fingerprint density at radius 1 is 1.50 bits per heavy atom. The van der Waals surface area contributed by atoms with Gasteiger partial charge in [-0.1, -0.05) is 0 Å². The second kappa shape index (κ2) is 3.48. The van der Waals surface area contributed by atoms with Gasteiger partial charge in [0.2, 0.25) is 0 Å². The maximum Gasteiger partial charge on any atom is 0.125 e. The van der Waals surface area contributed by atoms with E-state index in [0.29, 0.717) is 17.4 Å². The molecule has 1 fully saturated rings. The number of halogens is 1. The topological polar surface area (TPSA) is 38.0 Å². The minimum atomic E-state index is -0.246. The molecule has 0 saturated heterocycles. The highest BCUT2D eigenvalue weighted by atomic mass is 19.1. The second-order valence-electron chi connectivity index (χ2n) is 4.00. The van der Waals surface area contributed by atoms with Gasteiger partial charge in [-0.25, -0.2) is 4.39 Å². The average molecular weight is 194 g/mol. The van der Waals surface area contributed by atoms with Crippen LogP contribution in [0.25, 0.3) is 0 Å². The lowest BCUT2D eigenvalue weighted by molar-refractivity contribution is 0.627. The smallest absolute Gasteiger partial charge is 0.125 e. The molecular weight excluding hydrogens is 179 g/mol. The van der Waals surface area contributed by atoms with Crippen LogP contribution in [0.2, 0.25) is 0 Å². The summed E-state index contributed by atoms with van der Waals surface area (Å²) in [7, 11) is 0. The van der Waals surface area contributed by atoms with Gasteiger partial charge in [-0.15, -0.1) is 0 Å². The average Bonchev–Trinajstić information content (AvgIpc) is 2.94. The van der Waals surface area contributed by atoms with Gasteiger partial charge in [0.05, 0.1) is 11.4 Å². The van der Waals surface area contributed by atoms with E-state index in [0.717, 1.165) is 5.92 Å². The van der Waals surface area contributed by atoms with Gasteiger partial charge in [-0.05, 0) is 43.9 Å². The van der Waals surface area contributed by atoms with E-state index in [1.54, 1.807) is 6.07 Å². The predicted octanol–water partition coefficient (Wildman–Crippen LogP) is 2.62. The van der Waals surface area contributed by atoms with Crippen molar-refractivity contribution < 1.29 is 4.39 Å². The summed E-state index contributed by atoms with van der Waals surface area (Å²) in [6, 6.07) is 4.81. The molecule has 1 aliphatic carbocycles. The molecule has 3 N–H and O–H groups in total. The lowest BCUT2D eigenvalue weighted by Gasteiger charge is -2.15. The lowest BCUT2D eigenvalue weighted by Crippen LogP contribution is -2.18. The van der Waals surface area contributed by atoms with Crippen molar-refractivity contribution in [3.63, 3.8) is 0 Å². The number of benzene rings is 1. The standard InChI is InChI=1S/C11H15FN2/c1-7(8-2-3-8)14-11-6-9(12)4-5-10(11)13/h4-8,14H,2-3,13H2,1H3. The molecule has 1 unspecified atom stereocenters. The third kappa shape index (κ3) is 1.97. The molecule has 2 nitrogen and oxygen atoms in total. The summed E-state index contributed by atoms with van der Waals surface area (Å²) in [6.07, 6.45) is 2.53. The molecule has 1 atom stereocenters. The number of hydrogen-bond donors (Lipinski definition) is 2. The van der Waals surface area contributed by atoms with Crippen LogP contribution in [-0.2, 0) is 0 Å². The van der Waals surface area contributed by atoms with Crippen LogP contribution in [0.15, 0.2) is 18.2 Å². The molecule has 1 aromatic carbocycles. The molecule has 0 radical (unpaired) electrons. The van der Waals surface area contributed by atoms with Gasteiger partial charge < -0.3 is 11.1 Å². The fourth-order valence-corrected chi connectivity index (χ4v) is 1.61. The molecule has 3 heteroatoms. The van der Waals surface area contributed by atoms with Gasteiger partial charge in [0.25, 0.3) is 0 Å². The number of nitrogens with one attached hydrogen (secondary N) is 1. The number of nitrogen functional groups attached to an aromatic ring is 1. The molecule has 0 bridgehead atoms. The number of nitrogens with two attached hydrogens (primary N) is 1. The third-order valence-electron chi connectivity index (χ3n) is 2.73. The van der Waals surface area contributed by atoms with Crippen LogP contribution in [0.4, 0.5) is 15.8 Å². The first-order chi connectivity index (χ1) is 6.66. The van der Waals surface area contributed by atoms with Crippen molar-refractivity contribution in [2.75, 3.05) is 11.1 Å². The Bertz CT molecular complexity index is 334. The van der Waals surface area contributed by atoms with E-state index >= 15 is 0 Å². The van der Waals surface area contributed by atoms with Crippen molar-refractivity contribution >= 4 is 11.4 Å². The molecule has 2 rings (SSSR count). The summed E-state index contributed by atoms with van der Waals surface area (Å²) >= 11 is 0. The van der Waals surface area contributed by atoms with E-state index in [2.05, 4.69) is 12.2 Å². The zero-order chi connectivity index (χ0) is 10.1. The van der Waals surface area contributed by atoms with E-state index in [1.807, 2.05) is 0 Å².